The van der Waals surface area contributed by atoms with Crippen molar-refractivity contribution >= 4 is 39.5 Å². The van der Waals surface area contributed by atoms with E-state index in [0.717, 1.165) is 114 Å². The third-order valence-electron chi connectivity index (χ3n) is 19.7. The summed E-state index contributed by atoms with van der Waals surface area (Å²) >= 11 is 0. The summed E-state index contributed by atoms with van der Waals surface area (Å²) in [6.07, 6.45) is 59.8. The Morgan fingerprint density at radius 3 is 0.696 bits per heavy atom. The largest absolute Gasteiger partial charge is 0.472 e. The van der Waals surface area contributed by atoms with E-state index in [4.69, 9.17) is 37.0 Å². The van der Waals surface area contributed by atoms with Crippen molar-refractivity contribution in [2.24, 2.45) is 23.7 Å². The quantitative estimate of drug-likeness (QED) is 0.0222. The van der Waals surface area contributed by atoms with E-state index >= 15 is 0 Å². The number of aliphatic hydroxyl groups excluding tert-OH is 1. The smallest absolute Gasteiger partial charge is 0.462 e. The van der Waals surface area contributed by atoms with Gasteiger partial charge in [0, 0.05) is 25.7 Å². The highest BCUT2D eigenvalue weighted by Crippen LogP contribution is 2.45. The van der Waals surface area contributed by atoms with E-state index in [1.54, 1.807) is 0 Å². The summed E-state index contributed by atoms with van der Waals surface area (Å²) in [7, 11) is -9.92. The van der Waals surface area contributed by atoms with Crippen LogP contribution in [-0.2, 0) is 65.4 Å². The molecule has 19 heteroatoms. The Labute approximate surface area is 626 Å². The Kier molecular flexibility index (Phi) is 70.6. The van der Waals surface area contributed by atoms with Crippen LogP contribution in [0.2, 0.25) is 0 Å². The molecular formula is C83H162O17P2. The maximum Gasteiger partial charge on any atom is 0.472 e. The molecule has 17 nitrogen and oxygen atoms in total. The molecule has 3 N–H and O–H groups in total. The molecule has 0 aliphatic rings. The highest BCUT2D eigenvalue weighted by molar-refractivity contribution is 7.47. The van der Waals surface area contributed by atoms with Crippen molar-refractivity contribution in [1.29, 1.82) is 0 Å². The van der Waals surface area contributed by atoms with Crippen LogP contribution in [-0.4, -0.2) is 96.7 Å². The first-order chi connectivity index (χ1) is 49.1. The Hall–Kier alpha value is -1.94. The van der Waals surface area contributed by atoms with Gasteiger partial charge >= 0.3 is 39.5 Å². The number of unbranched alkanes of at least 4 members (excludes halogenated alkanes) is 45. The van der Waals surface area contributed by atoms with Crippen molar-refractivity contribution in [3.05, 3.63) is 0 Å². The molecule has 0 aliphatic carbocycles. The van der Waals surface area contributed by atoms with Gasteiger partial charge in [0.1, 0.15) is 19.3 Å². The summed E-state index contributed by atoms with van der Waals surface area (Å²) in [6.45, 7) is 14.3. The van der Waals surface area contributed by atoms with Crippen LogP contribution in [0.3, 0.4) is 0 Å². The summed E-state index contributed by atoms with van der Waals surface area (Å²) in [5, 5.41) is 10.6. The molecule has 6 atom stereocenters. The SMILES string of the molecule is CCC(C)CCCCCCCCCCCCCCCCCCCCC(=O)O[C@H](COC(=O)CCCCCCCCCC(C)C)COP(=O)(O)OCC(O)COP(=O)(O)OC[C@@H](COC(=O)CCCCCCCCCCCC(C)C)OC(=O)CCCCCCCCCCCCCCCCCC(C)C. The molecule has 0 aromatic rings. The van der Waals surface area contributed by atoms with Gasteiger partial charge in [-0.25, -0.2) is 9.13 Å². The Morgan fingerprint density at radius 2 is 0.471 bits per heavy atom. The van der Waals surface area contributed by atoms with Crippen LogP contribution in [0.1, 0.15) is 428 Å². The third kappa shape index (κ3) is 74.9. The molecular weight excluding hydrogens is 1330 g/mol. The van der Waals surface area contributed by atoms with Crippen molar-refractivity contribution in [3.8, 4) is 0 Å². The topological polar surface area (TPSA) is 237 Å². The second kappa shape index (κ2) is 72.0. The maximum atomic E-state index is 13.1. The zero-order chi connectivity index (χ0) is 75.3. The molecule has 0 spiro atoms. The van der Waals surface area contributed by atoms with E-state index < -0.39 is 97.5 Å². The second-order valence-electron chi connectivity index (χ2n) is 31.5. The van der Waals surface area contributed by atoms with Crippen LogP contribution >= 0.6 is 15.6 Å². The van der Waals surface area contributed by atoms with Crippen molar-refractivity contribution in [2.45, 2.75) is 446 Å². The number of carbonyl (C=O) groups excluding carboxylic acids is 4. The summed E-state index contributed by atoms with van der Waals surface area (Å²) < 4.78 is 68.7. The molecule has 0 amide bonds. The predicted octanol–water partition coefficient (Wildman–Crippen LogP) is 24.8. The van der Waals surface area contributed by atoms with Gasteiger partial charge in [-0.1, -0.05) is 376 Å². The van der Waals surface area contributed by atoms with Gasteiger partial charge in [-0.05, 0) is 49.4 Å². The summed E-state index contributed by atoms with van der Waals surface area (Å²) in [6, 6.07) is 0. The van der Waals surface area contributed by atoms with Gasteiger partial charge in [0.25, 0.3) is 0 Å². The number of hydrogen-bond acceptors (Lipinski definition) is 15. The molecule has 0 heterocycles. The molecule has 0 rings (SSSR count). The number of ether oxygens (including phenoxy) is 4. The van der Waals surface area contributed by atoms with Gasteiger partial charge in [-0.2, -0.15) is 0 Å². The first-order valence-electron chi connectivity index (χ1n) is 42.7. The molecule has 4 unspecified atom stereocenters. The van der Waals surface area contributed by atoms with E-state index in [0.29, 0.717) is 31.6 Å². The summed E-state index contributed by atoms with van der Waals surface area (Å²) in [5.74, 6) is 1.01. The molecule has 0 aromatic carbocycles. The average Bonchev–Trinajstić information content (AvgIpc) is 0.922. The number of rotatable bonds is 80. The van der Waals surface area contributed by atoms with Gasteiger partial charge in [-0.15, -0.1) is 0 Å². The second-order valence-corrected chi connectivity index (χ2v) is 34.4. The molecule has 0 saturated carbocycles. The number of phosphoric ester groups is 2. The van der Waals surface area contributed by atoms with Crippen molar-refractivity contribution in [2.75, 3.05) is 39.6 Å². The fraction of sp³-hybridized carbons (Fsp3) is 0.952. The number of hydrogen-bond donors (Lipinski definition) is 3. The fourth-order valence-corrected chi connectivity index (χ4v) is 14.3. The number of aliphatic hydroxyl groups is 1. The highest BCUT2D eigenvalue weighted by atomic mass is 31.2. The lowest BCUT2D eigenvalue weighted by atomic mass is 9.99. The van der Waals surface area contributed by atoms with Crippen LogP contribution in [0.4, 0.5) is 0 Å². The fourth-order valence-electron chi connectivity index (χ4n) is 12.8. The first kappa shape index (κ1) is 100. The average molecular weight is 1490 g/mol. The van der Waals surface area contributed by atoms with E-state index in [1.807, 2.05) is 0 Å². The lowest BCUT2D eigenvalue weighted by Gasteiger charge is -2.21. The minimum absolute atomic E-state index is 0.107. The van der Waals surface area contributed by atoms with E-state index in [9.17, 15) is 43.2 Å². The number of carbonyl (C=O) groups is 4. The Morgan fingerprint density at radius 1 is 0.275 bits per heavy atom. The maximum absolute atomic E-state index is 13.1. The van der Waals surface area contributed by atoms with Gasteiger partial charge in [0.2, 0.25) is 0 Å². The van der Waals surface area contributed by atoms with E-state index in [-0.39, 0.29) is 25.7 Å². The lowest BCUT2D eigenvalue weighted by molar-refractivity contribution is -0.161. The first-order valence-corrected chi connectivity index (χ1v) is 45.7. The lowest BCUT2D eigenvalue weighted by Crippen LogP contribution is -2.30. The van der Waals surface area contributed by atoms with Gasteiger partial charge in [0.15, 0.2) is 12.2 Å². The predicted molar refractivity (Wildman–Crippen MR) is 418 cm³/mol. The molecule has 0 aromatic heterocycles. The van der Waals surface area contributed by atoms with E-state index in [1.165, 1.54) is 225 Å². The summed E-state index contributed by atoms with van der Waals surface area (Å²) in [4.78, 5) is 73.0. The minimum atomic E-state index is -4.96. The highest BCUT2D eigenvalue weighted by Gasteiger charge is 2.30. The molecule has 606 valence electrons. The number of esters is 4. The van der Waals surface area contributed by atoms with Gasteiger partial charge < -0.3 is 33.8 Å². The standard InChI is InChI=1S/C83H162O17P2/c1-9-76(8)62-54-46-38-30-24-20-16-12-10-11-13-17-21-25-31-40-49-57-66-83(88)100-79(70-94-81(86)64-56-48-42-34-37-45-53-61-75(6)7)72-98-102(91,92)96-68-77(84)67-95-101(89,90)97-71-78(69-93-80(85)63-55-47-39-33-27-29-36-44-52-60-74(4)5)99-82(87)65-58-50-41-32-26-22-18-14-15-19-23-28-35-43-51-59-73(2)3/h73-79,84H,9-72H2,1-8H3,(H,89,90)(H,91,92)/t76?,77?,78-,79-/m1/s1. The van der Waals surface area contributed by atoms with Crippen molar-refractivity contribution in [1.82, 2.24) is 0 Å². The molecule has 0 fully saturated rings. The molecule has 0 bridgehead atoms. The number of phosphoric acid groups is 2. The normalized spacial score (nSPS) is 14.3. The van der Waals surface area contributed by atoms with Crippen molar-refractivity contribution < 1.29 is 80.2 Å². The Balaban J connectivity index is 5.18. The molecule has 102 heavy (non-hydrogen) atoms. The van der Waals surface area contributed by atoms with Gasteiger partial charge in [-0.3, -0.25) is 37.3 Å². The third-order valence-corrected chi connectivity index (χ3v) is 21.6. The van der Waals surface area contributed by atoms with E-state index in [2.05, 4.69) is 55.4 Å². The van der Waals surface area contributed by atoms with Gasteiger partial charge in [0.05, 0.1) is 26.4 Å². The zero-order valence-corrected chi connectivity index (χ0v) is 69.0. The minimum Gasteiger partial charge on any atom is -0.462 e. The van der Waals surface area contributed by atoms with Crippen LogP contribution in [0.5, 0.6) is 0 Å². The van der Waals surface area contributed by atoms with Crippen LogP contribution in [0.15, 0.2) is 0 Å². The molecule has 0 radical (unpaired) electrons. The van der Waals surface area contributed by atoms with Crippen LogP contribution in [0.25, 0.3) is 0 Å². The molecule has 0 aliphatic heterocycles. The zero-order valence-electron chi connectivity index (χ0n) is 67.2. The van der Waals surface area contributed by atoms with Crippen molar-refractivity contribution in [3.63, 3.8) is 0 Å². The monoisotopic (exact) mass is 1490 g/mol. The summed E-state index contributed by atoms with van der Waals surface area (Å²) in [5.41, 5.74) is 0. The Bertz CT molecular complexity index is 1990. The molecule has 0 saturated heterocycles. The van der Waals surface area contributed by atoms with Crippen LogP contribution < -0.4 is 0 Å². The van der Waals surface area contributed by atoms with Crippen LogP contribution in [0, 0.1) is 23.7 Å².